The Kier molecular flexibility index (Phi) is 3.77. The zero-order chi connectivity index (χ0) is 13.3. The second-order valence-corrected chi connectivity index (χ2v) is 7.25. The summed E-state index contributed by atoms with van der Waals surface area (Å²) in [6.07, 6.45) is 7.64. The number of likely N-dealkylation sites (N-methyl/N-ethyl adjacent to an activating group) is 1. The molecule has 1 fully saturated rings. The fraction of sp³-hybridized carbons (Fsp3) is 0.625. The molecule has 3 rings (SSSR count). The Labute approximate surface area is 121 Å². The molecule has 2 nitrogen and oxygen atoms in total. The van der Waals surface area contributed by atoms with Gasteiger partial charge in [0.2, 0.25) is 0 Å². The molecule has 1 saturated carbocycles. The molecule has 19 heavy (non-hydrogen) atoms. The smallest absolute Gasteiger partial charge is 0.0397 e. The number of nitrogens with zero attached hydrogens (tertiary/aromatic N) is 1. The van der Waals surface area contributed by atoms with Gasteiger partial charge in [-0.25, -0.2) is 0 Å². The van der Waals surface area contributed by atoms with E-state index < -0.39 is 0 Å². The molecule has 1 aromatic carbocycles. The molecule has 0 saturated heterocycles. The first-order chi connectivity index (χ1) is 9.22. The van der Waals surface area contributed by atoms with Crippen LogP contribution in [0.5, 0.6) is 0 Å². The average Bonchev–Trinajstić information content (AvgIpc) is 2.74. The molecule has 1 N–H and O–H groups in total. The minimum Gasteiger partial charge on any atom is -0.374 e. The van der Waals surface area contributed by atoms with Crippen LogP contribution in [0.3, 0.4) is 0 Å². The predicted molar refractivity (Wildman–Crippen MR) is 85.2 cm³/mol. The van der Waals surface area contributed by atoms with Gasteiger partial charge in [-0.05, 0) is 42.7 Å². The summed E-state index contributed by atoms with van der Waals surface area (Å²) in [7, 11) is 2.18. The average molecular weight is 276 g/mol. The van der Waals surface area contributed by atoms with Crippen LogP contribution in [0.15, 0.2) is 18.2 Å². The van der Waals surface area contributed by atoms with E-state index in [2.05, 4.69) is 41.7 Å². The molecular weight excluding hydrogens is 252 g/mol. The van der Waals surface area contributed by atoms with Crippen LogP contribution in [0.1, 0.15) is 30.4 Å². The number of fused-ring (bicyclic) bond motifs is 1. The van der Waals surface area contributed by atoms with Crippen LogP contribution in [-0.4, -0.2) is 31.1 Å². The van der Waals surface area contributed by atoms with Gasteiger partial charge in [-0.2, -0.15) is 11.8 Å². The van der Waals surface area contributed by atoms with Crippen molar-refractivity contribution in [1.82, 2.24) is 5.32 Å². The van der Waals surface area contributed by atoms with E-state index in [0.29, 0.717) is 4.75 Å². The van der Waals surface area contributed by atoms with E-state index in [-0.39, 0.29) is 0 Å². The molecule has 3 heteroatoms. The van der Waals surface area contributed by atoms with Gasteiger partial charge >= 0.3 is 0 Å². The van der Waals surface area contributed by atoms with Gasteiger partial charge in [0.15, 0.2) is 0 Å². The third-order valence-corrected chi connectivity index (χ3v) is 6.16. The van der Waals surface area contributed by atoms with Gasteiger partial charge in [-0.15, -0.1) is 0 Å². The molecule has 1 aliphatic carbocycles. The van der Waals surface area contributed by atoms with E-state index in [9.17, 15) is 0 Å². The van der Waals surface area contributed by atoms with Gasteiger partial charge in [0.05, 0.1) is 0 Å². The van der Waals surface area contributed by atoms with E-state index in [1.54, 1.807) is 0 Å². The fourth-order valence-corrected chi connectivity index (χ4v) is 4.13. The lowest BCUT2D eigenvalue weighted by atomic mass is 9.84. The minimum absolute atomic E-state index is 0.539. The van der Waals surface area contributed by atoms with Crippen molar-refractivity contribution in [3.8, 4) is 0 Å². The first-order valence-electron chi connectivity index (χ1n) is 7.31. The van der Waals surface area contributed by atoms with E-state index in [0.717, 1.165) is 13.1 Å². The van der Waals surface area contributed by atoms with Crippen LogP contribution >= 0.6 is 11.8 Å². The molecule has 1 aromatic rings. The summed E-state index contributed by atoms with van der Waals surface area (Å²) >= 11 is 2.05. The molecule has 0 amide bonds. The highest BCUT2D eigenvalue weighted by atomic mass is 32.2. The maximum Gasteiger partial charge on any atom is 0.0397 e. The molecule has 0 unspecified atom stereocenters. The van der Waals surface area contributed by atoms with Crippen molar-refractivity contribution in [3.63, 3.8) is 0 Å². The molecule has 104 valence electrons. The number of hydrogen-bond acceptors (Lipinski definition) is 3. The Balaban J connectivity index is 1.56. The summed E-state index contributed by atoms with van der Waals surface area (Å²) in [4.78, 5) is 2.35. The largest absolute Gasteiger partial charge is 0.374 e. The van der Waals surface area contributed by atoms with Crippen molar-refractivity contribution in [2.24, 2.45) is 0 Å². The van der Waals surface area contributed by atoms with Crippen LogP contribution in [0, 0.1) is 0 Å². The van der Waals surface area contributed by atoms with Crippen molar-refractivity contribution in [3.05, 3.63) is 29.3 Å². The van der Waals surface area contributed by atoms with Crippen LogP contribution in [-0.2, 0) is 13.0 Å². The quantitative estimate of drug-likeness (QED) is 0.890. The Morgan fingerprint density at radius 2 is 2.21 bits per heavy atom. The van der Waals surface area contributed by atoms with Crippen LogP contribution < -0.4 is 10.2 Å². The van der Waals surface area contributed by atoms with Crippen LogP contribution in [0.2, 0.25) is 0 Å². The van der Waals surface area contributed by atoms with Crippen molar-refractivity contribution in [1.29, 1.82) is 0 Å². The summed E-state index contributed by atoms with van der Waals surface area (Å²) in [6, 6.07) is 6.95. The number of rotatable bonds is 5. The van der Waals surface area contributed by atoms with Gasteiger partial charge in [-0.3, -0.25) is 0 Å². The van der Waals surface area contributed by atoms with Crippen molar-refractivity contribution in [2.75, 3.05) is 31.3 Å². The number of nitrogens with one attached hydrogen (secondary N) is 1. The fourth-order valence-electron chi connectivity index (χ4n) is 3.19. The standard InChI is InChI=1S/C16H24N2S/c1-18-9-6-14-10-13(4-5-15(14)18)11-17-12-16(19-2)7-3-8-16/h4-5,10,17H,3,6-9,11-12H2,1-2H3. The summed E-state index contributed by atoms with van der Waals surface area (Å²) < 4.78 is 0.539. The van der Waals surface area contributed by atoms with E-state index in [1.807, 2.05) is 11.8 Å². The molecule has 1 aliphatic heterocycles. The summed E-state index contributed by atoms with van der Waals surface area (Å²) in [5.41, 5.74) is 4.37. The Morgan fingerprint density at radius 3 is 2.89 bits per heavy atom. The lowest BCUT2D eigenvalue weighted by molar-refractivity contribution is 0.345. The Hall–Kier alpha value is -0.670. The SMILES string of the molecule is CSC1(CNCc2ccc3c(c2)CCN3C)CCC1. The number of hydrogen-bond donors (Lipinski definition) is 1. The summed E-state index contributed by atoms with van der Waals surface area (Å²) in [6.45, 7) is 3.34. The predicted octanol–water partition coefficient (Wildman–Crippen LogP) is 3.05. The number of anilines is 1. The number of thioether (sulfide) groups is 1. The van der Waals surface area contributed by atoms with Crippen molar-refractivity contribution < 1.29 is 0 Å². The lowest BCUT2D eigenvalue weighted by Crippen LogP contribution is -2.43. The molecule has 0 bridgehead atoms. The molecule has 0 radical (unpaired) electrons. The van der Waals surface area contributed by atoms with Gasteiger partial charge in [0, 0.05) is 37.1 Å². The monoisotopic (exact) mass is 276 g/mol. The Morgan fingerprint density at radius 1 is 1.37 bits per heavy atom. The third-order valence-electron chi connectivity index (χ3n) is 4.75. The van der Waals surface area contributed by atoms with Gasteiger partial charge in [0.1, 0.15) is 0 Å². The highest BCUT2D eigenvalue weighted by molar-refractivity contribution is 8.00. The molecule has 0 spiro atoms. The molecule has 2 aliphatic rings. The maximum atomic E-state index is 3.66. The van der Waals surface area contributed by atoms with Crippen LogP contribution in [0.25, 0.3) is 0 Å². The normalized spacial score (nSPS) is 20.2. The van der Waals surface area contributed by atoms with Gasteiger partial charge in [0.25, 0.3) is 0 Å². The number of benzene rings is 1. The lowest BCUT2D eigenvalue weighted by Gasteiger charge is -2.40. The van der Waals surface area contributed by atoms with Crippen molar-refractivity contribution in [2.45, 2.75) is 37.0 Å². The second-order valence-electron chi connectivity index (χ2n) is 5.98. The minimum atomic E-state index is 0.539. The first-order valence-corrected chi connectivity index (χ1v) is 8.54. The zero-order valence-electron chi connectivity index (χ0n) is 12.0. The van der Waals surface area contributed by atoms with Gasteiger partial charge < -0.3 is 10.2 Å². The first kappa shape index (κ1) is 13.3. The molecule has 1 heterocycles. The topological polar surface area (TPSA) is 15.3 Å². The van der Waals surface area contributed by atoms with E-state index >= 15 is 0 Å². The maximum absolute atomic E-state index is 3.66. The highest BCUT2D eigenvalue weighted by Gasteiger charge is 2.35. The molecular formula is C16H24N2S. The Bertz CT molecular complexity index is 449. The molecule has 0 aromatic heterocycles. The summed E-state index contributed by atoms with van der Waals surface area (Å²) in [5.74, 6) is 0. The zero-order valence-corrected chi connectivity index (χ0v) is 12.9. The van der Waals surface area contributed by atoms with E-state index in [4.69, 9.17) is 0 Å². The van der Waals surface area contributed by atoms with E-state index in [1.165, 1.54) is 49.0 Å². The van der Waals surface area contributed by atoms with Crippen molar-refractivity contribution >= 4 is 17.4 Å². The third kappa shape index (κ3) is 2.63. The van der Waals surface area contributed by atoms with Crippen LogP contribution in [0.4, 0.5) is 5.69 Å². The van der Waals surface area contributed by atoms with Gasteiger partial charge in [-0.1, -0.05) is 18.6 Å². The molecule has 0 atom stereocenters. The second kappa shape index (κ2) is 5.37. The highest BCUT2D eigenvalue weighted by Crippen LogP contribution is 2.42. The summed E-state index contributed by atoms with van der Waals surface area (Å²) in [5, 5.41) is 3.66.